The fourth-order valence-electron chi connectivity index (χ4n) is 1.27. The molecular formula is C11H12N4. The Labute approximate surface area is 88.2 Å². The number of benzene rings is 1. The van der Waals surface area contributed by atoms with Gasteiger partial charge < -0.3 is 11.1 Å². The highest BCUT2D eigenvalue weighted by atomic mass is 15.1. The second kappa shape index (κ2) is 4.41. The SMILES string of the molecule is Nc1cccc(CNc2ncccn2)c1. The van der Waals surface area contributed by atoms with Crippen LogP contribution >= 0.6 is 0 Å². The molecule has 2 rings (SSSR count). The van der Waals surface area contributed by atoms with Crippen LogP contribution in [0.5, 0.6) is 0 Å². The minimum atomic E-state index is 0.625. The normalized spacial score (nSPS) is 9.87. The van der Waals surface area contributed by atoms with Crippen molar-refractivity contribution >= 4 is 11.6 Å². The molecule has 1 heterocycles. The molecule has 0 amide bonds. The summed E-state index contributed by atoms with van der Waals surface area (Å²) in [4.78, 5) is 8.13. The van der Waals surface area contributed by atoms with E-state index in [0.717, 1.165) is 11.3 Å². The molecule has 1 aromatic carbocycles. The number of aromatic nitrogens is 2. The largest absolute Gasteiger partial charge is 0.399 e. The third-order valence-electron chi connectivity index (χ3n) is 1.97. The maximum atomic E-state index is 5.67. The van der Waals surface area contributed by atoms with E-state index in [9.17, 15) is 0 Å². The topological polar surface area (TPSA) is 63.8 Å². The molecule has 0 radical (unpaired) electrons. The minimum absolute atomic E-state index is 0.625. The van der Waals surface area contributed by atoms with E-state index in [1.165, 1.54) is 0 Å². The van der Waals surface area contributed by atoms with E-state index in [1.807, 2.05) is 24.3 Å². The van der Waals surface area contributed by atoms with Gasteiger partial charge in [0.1, 0.15) is 0 Å². The lowest BCUT2D eigenvalue weighted by Gasteiger charge is -2.04. The smallest absolute Gasteiger partial charge is 0.222 e. The van der Waals surface area contributed by atoms with Gasteiger partial charge >= 0.3 is 0 Å². The van der Waals surface area contributed by atoms with E-state index in [4.69, 9.17) is 5.73 Å². The van der Waals surface area contributed by atoms with Gasteiger partial charge in [0, 0.05) is 24.6 Å². The molecule has 0 saturated carbocycles. The zero-order valence-corrected chi connectivity index (χ0v) is 8.22. The molecule has 0 spiro atoms. The van der Waals surface area contributed by atoms with Crippen LogP contribution < -0.4 is 11.1 Å². The summed E-state index contributed by atoms with van der Waals surface area (Å²) in [7, 11) is 0. The molecule has 0 aliphatic carbocycles. The fourth-order valence-corrected chi connectivity index (χ4v) is 1.27. The molecule has 0 aliphatic rings. The van der Waals surface area contributed by atoms with Gasteiger partial charge in [-0.05, 0) is 23.8 Å². The number of nitrogens with one attached hydrogen (secondary N) is 1. The summed E-state index contributed by atoms with van der Waals surface area (Å²) < 4.78 is 0. The highest BCUT2D eigenvalue weighted by Gasteiger charge is 1.95. The molecule has 76 valence electrons. The maximum absolute atomic E-state index is 5.67. The summed E-state index contributed by atoms with van der Waals surface area (Å²) in [6, 6.07) is 9.51. The van der Waals surface area contributed by atoms with Crippen LogP contribution in [0.2, 0.25) is 0 Å². The van der Waals surface area contributed by atoms with Gasteiger partial charge in [-0.25, -0.2) is 9.97 Å². The monoisotopic (exact) mass is 200 g/mol. The molecule has 4 heteroatoms. The molecule has 3 N–H and O–H groups in total. The first kappa shape index (κ1) is 9.45. The number of nitrogens with two attached hydrogens (primary N) is 1. The van der Waals surface area contributed by atoms with Crippen LogP contribution in [-0.4, -0.2) is 9.97 Å². The third-order valence-corrected chi connectivity index (χ3v) is 1.97. The van der Waals surface area contributed by atoms with Crippen molar-refractivity contribution in [2.24, 2.45) is 0 Å². The Morgan fingerprint density at radius 1 is 1.13 bits per heavy atom. The van der Waals surface area contributed by atoms with Gasteiger partial charge in [0.25, 0.3) is 0 Å². The molecule has 0 aliphatic heterocycles. The van der Waals surface area contributed by atoms with Crippen molar-refractivity contribution in [1.29, 1.82) is 0 Å². The van der Waals surface area contributed by atoms with Crippen LogP contribution in [-0.2, 0) is 6.54 Å². The summed E-state index contributed by atoms with van der Waals surface area (Å²) in [5, 5.41) is 3.11. The van der Waals surface area contributed by atoms with E-state index >= 15 is 0 Å². The molecule has 4 nitrogen and oxygen atoms in total. The van der Waals surface area contributed by atoms with Crippen molar-refractivity contribution in [3.8, 4) is 0 Å². The zero-order chi connectivity index (χ0) is 10.5. The van der Waals surface area contributed by atoms with Gasteiger partial charge in [-0.3, -0.25) is 0 Å². The second-order valence-corrected chi connectivity index (χ2v) is 3.17. The first-order valence-corrected chi connectivity index (χ1v) is 4.70. The maximum Gasteiger partial charge on any atom is 0.222 e. The number of rotatable bonds is 3. The molecule has 0 fully saturated rings. The van der Waals surface area contributed by atoms with Crippen molar-refractivity contribution in [3.05, 3.63) is 48.3 Å². The van der Waals surface area contributed by atoms with Crippen molar-refractivity contribution in [2.45, 2.75) is 6.54 Å². The summed E-state index contributed by atoms with van der Waals surface area (Å²) in [5.41, 5.74) is 7.55. The Kier molecular flexibility index (Phi) is 2.78. The number of nitrogen functional groups attached to an aromatic ring is 1. The van der Waals surface area contributed by atoms with Gasteiger partial charge in [0.05, 0.1) is 0 Å². The van der Waals surface area contributed by atoms with E-state index in [2.05, 4.69) is 15.3 Å². The van der Waals surface area contributed by atoms with E-state index < -0.39 is 0 Å². The lowest BCUT2D eigenvalue weighted by Crippen LogP contribution is -2.03. The van der Waals surface area contributed by atoms with Gasteiger partial charge in [-0.2, -0.15) is 0 Å². The number of hydrogen-bond acceptors (Lipinski definition) is 4. The third kappa shape index (κ3) is 2.67. The quantitative estimate of drug-likeness (QED) is 0.740. The molecule has 0 saturated heterocycles. The zero-order valence-electron chi connectivity index (χ0n) is 8.22. The molecule has 15 heavy (non-hydrogen) atoms. The molecule has 0 atom stereocenters. The van der Waals surface area contributed by atoms with Crippen LogP contribution in [0.3, 0.4) is 0 Å². The summed E-state index contributed by atoms with van der Waals surface area (Å²) in [6.45, 7) is 0.676. The first-order valence-electron chi connectivity index (χ1n) is 4.70. The standard InChI is InChI=1S/C11H12N4/c12-10-4-1-3-9(7-10)8-15-11-13-5-2-6-14-11/h1-7H,8,12H2,(H,13,14,15). The number of anilines is 2. The van der Waals surface area contributed by atoms with Crippen LogP contribution in [0, 0.1) is 0 Å². The predicted molar refractivity (Wildman–Crippen MR) is 60.2 cm³/mol. The number of hydrogen-bond donors (Lipinski definition) is 2. The Morgan fingerprint density at radius 2 is 1.93 bits per heavy atom. The second-order valence-electron chi connectivity index (χ2n) is 3.17. The van der Waals surface area contributed by atoms with Crippen LogP contribution in [0.1, 0.15) is 5.56 Å². The molecule has 0 bridgehead atoms. The van der Waals surface area contributed by atoms with E-state index in [0.29, 0.717) is 12.5 Å². The van der Waals surface area contributed by atoms with Gasteiger partial charge in [-0.15, -0.1) is 0 Å². The summed E-state index contributed by atoms with van der Waals surface area (Å²) in [6.07, 6.45) is 3.41. The van der Waals surface area contributed by atoms with Crippen molar-refractivity contribution in [3.63, 3.8) is 0 Å². The van der Waals surface area contributed by atoms with E-state index in [-0.39, 0.29) is 0 Å². The molecule has 2 aromatic rings. The van der Waals surface area contributed by atoms with Crippen molar-refractivity contribution in [1.82, 2.24) is 9.97 Å². The fraction of sp³-hybridized carbons (Fsp3) is 0.0909. The minimum Gasteiger partial charge on any atom is -0.399 e. The first-order chi connectivity index (χ1) is 7.34. The summed E-state index contributed by atoms with van der Waals surface area (Å²) in [5.74, 6) is 0.625. The van der Waals surface area contributed by atoms with Crippen molar-refractivity contribution in [2.75, 3.05) is 11.1 Å². The van der Waals surface area contributed by atoms with Gasteiger partial charge in [-0.1, -0.05) is 12.1 Å². The predicted octanol–water partition coefficient (Wildman–Crippen LogP) is 1.67. The Morgan fingerprint density at radius 3 is 2.67 bits per heavy atom. The summed E-state index contributed by atoms with van der Waals surface area (Å²) >= 11 is 0. The molecule has 0 unspecified atom stereocenters. The lowest BCUT2D eigenvalue weighted by molar-refractivity contribution is 1.05. The van der Waals surface area contributed by atoms with Crippen LogP contribution in [0.15, 0.2) is 42.7 Å². The highest BCUT2D eigenvalue weighted by Crippen LogP contribution is 2.07. The Balaban J connectivity index is 1.99. The van der Waals surface area contributed by atoms with E-state index in [1.54, 1.807) is 18.5 Å². The number of nitrogens with zero attached hydrogens (tertiary/aromatic N) is 2. The average molecular weight is 200 g/mol. The average Bonchev–Trinajstić information content (AvgIpc) is 2.28. The van der Waals surface area contributed by atoms with Crippen molar-refractivity contribution < 1.29 is 0 Å². The molecule has 1 aromatic heterocycles. The molecular weight excluding hydrogens is 188 g/mol. The van der Waals surface area contributed by atoms with Gasteiger partial charge in [0.15, 0.2) is 0 Å². The van der Waals surface area contributed by atoms with Crippen LogP contribution in [0.25, 0.3) is 0 Å². The lowest BCUT2D eigenvalue weighted by atomic mass is 10.2. The highest BCUT2D eigenvalue weighted by molar-refractivity contribution is 5.41. The van der Waals surface area contributed by atoms with Gasteiger partial charge in [0.2, 0.25) is 5.95 Å². The Bertz CT molecular complexity index is 428. The Hall–Kier alpha value is -2.10. The van der Waals surface area contributed by atoms with Crippen LogP contribution in [0.4, 0.5) is 11.6 Å².